The van der Waals surface area contributed by atoms with Gasteiger partial charge >= 0.3 is 0 Å². The molecule has 0 N–H and O–H groups in total. The van der Waals surface area contributed by atoms with Crippen LogP contribution in [0.25, 0.3) is 265 Å². The quantitative estimate of drug-likeness (QED) is 0.104. The number of rotatable bonds is 14. The number of fused-ring (bicyclic) bond motifs is 19. The molecule has 0 aliphatic carbocycles. The Morgan fingerprint density at radius 2 is 0.318 bits per heavy atom. The largest absolute Gasteiger partial charge is 0.309 e. The molecule has 0 aliphatic rings. The third kappa shape index (κ3) is 15.0. The minimum Gasteiger partial charge on any atom is -0.309 e. The molecular weight excluding hydrogens is 1790 g/mol. The molecule has 0 unspecified atom stereocenters. The van der Waals surface area contributed by atoms with E-state index in [1.165, 1.54) is 259 Å². The van der Waals surface area contributed by atoms with Gasteiger partial charge in [0, 0.05) is 98.5 Å². The molecule has 24 aromatic carbocycles. The summed E-state index contributed by atoms with van der Waals surface area (Å²) in [5, 5.41) is 17.6. The molecule has 0 radical (unpaired) electrons. The van der Waals surface area contributed by atoms with E-state index in [4.69, 9.17) is 0 Å². The zero-order chi connectivity index (χ0) is 97.6. The van der Waals surface area contributed by atoms with E-state index in [0.29, 0.717) is 0 Å². The van der Waals surface area contributed by atoms with Gasteiger partial charge in [-0.3, -0.25) is 0 Å². The first-order chi connectivity index (χ1) is 73.4. The molecule has 6 aromatic heterocycles. The summed E-state index contributed by atoms with van der Waals surface area (Å²) in [6, 6.07) is 207. The van der Waals surface area contributed by atoms with Crippen LogP contribution in [0, 0.1) is 0 Å². The molecule has 0 saturated heterocycles. The maximum Gasteiger partial charge on any atom is 0.0541 e. The molecule has 692 valence electrons. The summed E-state index contributed by atoms with van der Waals surface area (Å²) in [4.78, 5) is 0. The van der Waals surface area contributed by atoms with Gasteiger partial charge in [0.05, 0.1) is 77.6 Å². The highest BCUT2D eigenvalue weighted by Gasteiger charge is 2.25. The molecule has 0 aliphatic heterocycles. The van der Waals surface area contributed by atoms with E-state index in [2.05, 4.69) is 598 Å². The maximum absolute atomic E-state index is 2.44. The first-order valence-electron chi connectivity index (χ1n) is 50.9. The summed E-state index contributed by atoms with van der Waals surface area (Å²) >= 11 is 0. The average molecular weight is 1880 g/mol. The molecule has 0 spiro atoms. The number of hydrogen-bond acceptors (Lipinski definition) is 0. The fourth-order valence-corrected chi connectivity index (χ4v) is 23.3. The third-order valence-corrected chi connectivity index (χ3v) is 30.1. The van der Waals surface area contributed by atoms with Gasteiger partial charge < -0.3 is 27.4 Å². The first-order valence-corrected chi connectivity index (χ1v) is 50.9. The number of nitrogens with zero attached hydrogens (tertiary/aromatic N) is 6. The fourth-order valence-electron chi connectivity index (χ4n) is 23.3. The van der Waals surface area contributed by atoms with Crippen molar-refractivity contribution in [3.05, 3.63) is 570 Å². The molecule has 0 fully saturated rings. The van der Waals surface area contributed by atoms with Crippen LogP contribution in [-0.2, 0) is 0 Å². The van der Waals surface area contributed by atoms with Crippen molar-refractivity contribution in [1.29, 1.82) is 0 Å². The van der Waals surface area contributed by atoms with Gasteiger partial charge in [0.1, 0.15) is 0 Å². The molecule has 0 bridgehead atoms. The average Bonchev–Trinajstić information content (AvgIpc) is 1.58. The Bertz CT molecular complexity index is 10400. The number of aromatic nitrogens is 6. The number of para-hydroxylation sites is 9. The smallest absolute Gasteiger partial charge is 0.0541 e. The van der Waals surface area contributed by atoms with Crippen molar-refractivity contribution in [3.63, 3.8) is 0 Å². The molecule has 0 amide bonds. The standard InChI is InChI=1S/2C48H32N2.C46H30N2/c1-3-14-33(15-4-1)34-16-13-17-37(30-34)39-20-7-10-23-44(39)50-46-25-12-9-22-41(46)43-32-36(27-29-48(43)50)35-26-28-47-42(31-35)40-21-8-11-24-45(40)49(47)38-18-5-2-6-19-38;1-3-14-33(15-4-1)35-18-13-19-38(30-35)49-45-24-11-8-21-40(45)42-31-36(26-28-47(42)49)37-27-29-48-43(32-37)41-22-9-12-25-46(41)50(48)44-23-10-7-20-39(44)34-16-5-2-6-17-34;1-2-11-31(12-3-1)34-15-10-16-37(27-34)47-43-19-8-6-17-39(43)41-29-35(22-25-45(41)47)36-23-26-46-42(30-36)40-18-7-9-20-44(40)48(46)38-24-21-32-13-4-5-14-33(32)28-38/h2*1-32H;1-30H. The summed E-state index contributed by atoms with van der Waals surface area (Å²) < 4.78 is 14.5. The third-order valence-electron chi connectivity index (χ3n) is 30.1. The van der Waals surface area contributed by atoms with Crippen LogP contribution in [0.1, 0.15) is 0 Å². The molecule has 30 rings (SSSR count). The number of benzene rings is 24. The molecule has 30 aromatic rings. The second kappa shape index (κ2) is 36.4. The zero-order valence-electron chi connectivity index (χ0n) is 81.0. The highest BCUT2D eigenvalue weighted by Crippen LogP contribution is 2.47. The summed E-state index contributed by atoms with van der Waals surface area (Å²) in [6.45, 7) is 0. The predicted octanol–water partition coefficient (Wildman–Crippen LogP) is 38.1. The van der Waals surface area contributed by atoms with E-state index >= 15 is 0 Å². The Morgan fingerprint density at radius 1 is 0.0946 bits per heavy atom. The van der Waals surface area contributed by atoms with Crippen molar-refractivity contribution in [1.82, 2.24) is 27.4 Å². The Labute approximate surface area is 856 Å². The molecule has 6 heterocycles. The molecular formula is C142H94N6. The van der Waals surface area contributed by atoms with Gasteiger partial charge in [-0.15, -0.1) is 0 Å². The minimum atomic E-state index is 1.16. The van der Waals surface area contributed by atoms with Crippen LogP contribution in [0.5, 0.6) is 0 Å². The van der Waals surface area contributed by atoms with Crippen molar-refractivity contribution in [2.45, 2.75) is 0 Å². The zero-order valence-corrected chi connectivity index (χ0v) is 81.0. The lowest BCUT2D eigenvalue weighted by molar-refractivity contribution is 1.18. The van der Waals surface area contributed by atoms with Crippen LogP contribution in [-0.4, -0.2) is 27.4 Å². The van der Waals surface area contributed by atoms with Gasteiger partial charge in [0.25, 0.3) is 0 Å². The second-order valence-electron chi connectivity index (χ2n) is 38.6. The lowest BCUT2D eigenvalue weighted by Gasteiger charge is -2.15. The van der Waals surface area contributed by atoms with Crippen molar-refractivity contribution < 1.29 is 0 Å². The molecule has 0 saturated carbocycles. The molecule has 6 nitrogen and oxygen atoms in total. The Morgan fingerprint density at radius 3 is 0.676 bits per heavy atom. The monoisotopic (exact) mass is 1880 g/mol. The second-order valence-corrected chi connectivity index (χ2v) is 38.6. The van der Waals surface area contributed by atoms with E-state index < -0.39 is 0 Å². The van der Waals surface area contributed by atoms with Crippen LogP contribution >= 0.6 is 0 Å². The highest BCUT2D eigenvalue weighted by molar-refractivity contribution is 6.18. The first kappa shape index (κ1) is 86.2. The van der Waals surface area contributed by atoms with E-state index in [0.717, 1.165) is 5.69 Å². The summed E-state index contributed by atoms with van der Waals surface area (Å²) in [5.41, 5.74) is 41.0. The van der Waals surface area contributed by atoms with Crippen LogP contribution < -0.4 is 0 Å². The lowest BCUT2D eigenvalue weighted by atomic mass is 9.98. The molecule has 0 atom stereocenters. The Kier molecular flexibility index (Phi) is 21.2. The van der Waals surface area contributed by atoms with Crippen molar-refractivity contribution in [2.24, 2.45) is 0 Å². The van der Waals surface area contributed by atoms with Gasteiger partial charge in [0.2, 0.25) is 0 Å². The summed E-state index contributed by atoms with van der Waals surface area (Å²) in [6.07, 6.45) is 0. The topological polar surface area (TPSA) is 29.6 Å². The van der Waals surface area contributed by atoms with Crippen LogP contribution in [0.4, 0.5) is 0 Å². The van der Waals surface area contributed by atoms with E-state index in [1.807, 2.05) is 0 Å². The minimum absolute atomic E-state index is 1.16. The van der Waals surface area contributed by atoms with E-state index in [1.54, 1.807) is 0 Å². The van der Waals surface area contributed by atoms with E-state index in [-0.39, 0.29) is 0 Å². The Balaban J connectivity index is 0.000000107. The van der Waals surface area contributed by atoms with Crippen LogP contribution in [0.3, 0.4) is 0 Å². The SMILES string of the molecule is c1ccc(-c2cccc(-c3ccccc3-n3c4ccccc4c4cc(-c5ccc6c(c5)c5ccccc5n6-c5ccccc5)ccc43)c2)cc1.c1ccc(-c2cccc(-n3c4ccccc4c4cc(-c5ccc6c(c5)c5ccccc5n6-c5ccc6ccccc6c5)ccc43)c2)cc1.c1ccc(-c2cccc(-n3c4ccccc4c4cc(-c5ccc6c(c5)c5ccccc5n6-c5ccccc5-c5ccccc5)ccc43)c2)cc1. The summed E-state index contributed by atoms with van der Waals surface area (Å²) in [5.74, 6) is 0. The van der Waals surface area contributed by atoms with E-state index in [9.17, 15) is 0 Å². The van der Waals surface area contributed by atoms with Gasteiger partial charge in [-0.25, -0.2) is 0 Å². The molecule has 148 heavy (non-hydrogen) atoms. The predicted molar refractivity (Wildman–Crippen MR) is 626 cm³/mol. The lowest BCUT2D eigenvalue weighted by Crippen LogP contribution is -1.97. The molecule has 6 heteroatoms. The van der Waals surface area contributed by atoms with Gasteiger partial charge in [-0.1, -0.05) is 394 Å². The van der Waals surface area contributed by atoms with Crippen molar-refractivity contribution >= 4 is 142 Å². The normalized spacial score (nSPS) is 11.6. The van der Waals surface area contributed by atoms with Crippen LogP contribution in [0.2, 0.25) is 0 Å². The van der Waals surface area contributed by atoms with Gasteiger partial charge in [-0.2, -0.15) is 0 Å². The highest BCUT2D eigenvalue weighted by atomic mass is 15.0. The van der Waals surface area contributed by atoms with Gasteiger partial charge in [-0.05, 0) is 265 Å². The number of hydrogen-bond donors (Lipinski definition) is 0. The van der Waals surface area contributed by atoms with Gasteiger partial charge in [0.15, 0.2) is 0 Å². The van der Waals surface area contributed by atoms with Crippen molar-refractivity contribution in [2.75, 3.05) is 0 Å². The fraction of sp³-hybridized carbons (Fsp3) is 0. The Hall–Kier alpha value is -19.7. The summed E-state index contributed by atoms with van der Waals surface area (Å²) in [7, 11) is 0. The van der Waals surface area contributed by atoms with Crippen molar-refractivity contribution in [3.8, 4) is 123 Å². The maximum atomic E-state index is 2.44. The van der Waals surface area contributed by atoms with Crippen LogP contribution in [0.15, 0.2) is 570 Å².